The second kappa shape index (κ2) is 5.83. The Morgan fingerprint density at radius 1 is 0.913 bits per heavy atom. The smallest absolute Gasteiger partial charge is 0.339 e. The molecule has 0 aromatic heterocycles. The average Bonchev–Trinajstić information content (AvgIpc) is 2.89. The summed E-state index contributed by atoms with van der Waals surface area (Å²) in [7, 11) is 4.72. The van der Waals surface area contributed by atoms with Crippen molar-refractivity contribution in [2.75, 3.05) is 21.3 Å². The van der Waals surface area contributed by atoms with Crippen molar-refractivity contribution >= 4 is 5.97 Å². The molecule has 0 saturated heterocycles. The number of rotatable bonds is 4. The molecule has 0 radical (unpaired) electrons. The Kier molecular flexibility index (Phi) is 3.86. The van der Waals surface area contributed by atoms with Crippen molar-refractivity contribution in [3.63, 3.8) is 0 Å². The molecule has 0 amide bonds. The summed E-state index contributed by atoms with van der Waals surface area (Å²) in [6.45, 7) is 1.91. The molecule has 2 aromatic carbocycles. The van der Waals surface area contributed by atoms with Crippen molar-refractivity contribution in [1.29, 1.82) is 0 Å². The predicted octanol–water partition coefficient (Wildman–Crippen LogP) is 3.28. The lowest BCUT2D eigenvalue weighted by Gasteiger charge is -2.19. The fourth-order valence-electron chi connectivity index (χ4n) is 2.94. The molecular weight excluding hydrogens is 296 g/mol. The lowest BCUT2D eigenvalue weighted by molar-refractivity contribution is 0.0447. The minimum absolute atomic E-state index is 0.375. The van der Waals surface area contributed by atoms with E-state index in [4.69, 9.17) is 18.9 Å². The average molecular weight is 314 g/mol. The lowest BCUT2D eigenvalue weighted by atomic mass is 9.95. The summed E-state index contributed by atoms with van der Waals surface area (Å²) < 4.78 is 22.0. The van der Waals surface area contributed by atoms with Gasteiger partial charge in [-0.25, -0.2) is 4.79 Å². The topological polar surface area (TPSA) is 54.0 Å². The van der Waals surface area contributed by atoms with Gasteiger partial charge in [-0.2, -0.15) is 0 Å². The molecule has 1 unspecified atom stereocenters. The number of cyclic esters (lactones) is 1. The maximum Gasteiger partial charge on any atom is 0.339 e. The second-order valence-electron chi connectivity index (χ2n) is 5.29. The Balaban J connectivity index is 2.25. The SMILES string of the molecule is COc1cccc(OC)c1C1OC(=O)c2cc(C)cc(OC)c21. The molecule has 23 heavy (non-hydrogen) atoms. The van der Waals surface area contributed by atoms with Crippen molar-refractivity contribution in [3.8, 4) is 17.2 Å². The van der Waals surface area contributed by atoms with E-state index in [9.17, 15) is 4.79 Å². The number of ether oxygens (including phenoxy) is 4. The number of hydrogen-bond donors (Lipinski definition) is 0. The van der Waals surface area contributed by atoms with Gasteiger partial charge in [0.1, 0.15) is 17.2 Å². The van der Waals surface area contributed by atoms with Crippen LogP contribution in [0, 0.1) is 6.92 Å². The first kappa shape index (κ1) is 15.2. The molecule has 1 aliphatic rings. The zero-order chi connectivity index (χ0) is 16.6. The molecule has 0 bridgehead atoms. The van der Waals surface area contributed by atoms with Gasteiger partial charge >= 0.3 is 5.97 Å². The summed E-state index contributed by atoms with van der Waals surface area (Å²) in [4.78, 5) is 12.3. The standard InChI is InChI=1S/C18H18O5/c1-10-8-11-15(14(9-10)22-4)17(23-18(11)19)16-12(20-2)6-5-7-13(16)21-3/h5-9,17H,1-4H3. The molecule has 2 aromatic rings. The predicted molar refractivity (Wildman–Crippen MR) is 84.5 cm³/mol. The van der Waals surface area contributed by atoms with E-state index in [0.717, 1.165) is 5.56 Å². The van der Waals surface area contributed by atoms with Crippen molar-refractivity contribution in [3.05, 3.63) is 52.6 Å². The zero-order valence-electron chi connectivity index (χ0n) is 13.5. The molecule has 0 aliphatic carbocycles. The van der Waals surface area contributed by atoms with Gasteiger partial charge in [0, 0.05) is 0 Å². The van der Waals surface area contributed by atoms with Crippen LogP contribution in [0.25, 0.3) is 0 Å². The Morgan fingerprint density at radius 3 is 2.09 bits per heavy atom. The number of fused-ring (bicyclic) bond motifs is 1. The van der Waals surface area contributed by atoms with Gasteiger partial charge in [-0.1, -0.05) is 6.07 Å². The summed E-state index contributed by atoms with van der Waals surface area (Å²) in [5.41, 5.74) is 2.82. The summed E-state index contributed by atoms with van der Waals surface area (Å²) in [6.07, 6.45) is -0.626. The maximum atomic E-state index is 12.3. The third-order valence-electron chi connectivity index (χ3n) is 3.94. The van der Waals surface area contributed by atoms with Gasteiger partial charge in [0.2, 0.25) is 0 Å². The molecule has 3 rings (SSSR count). The largest absolute Gasteiger partial charge is 0.496 e. The third kappa shape index (κ3) is 2.38. The summed E-state index contributed by atoms with van der Waals surface area (Å²) in [5, 5.41) is 0. The highest BCUT2D eigenvalue weighted by Crippen LogP contribution is 2.47. The first-order chi connectivity index (χ1) is 11.1. The van der Waals surface area contributed by atoms with Crippen LogP contribution >= 0.6 is 0 Å². The number of hydrogen-bond acceptors (Lipinski definition) is 5. The molecule has 120 valence electrons. The molecule has 1 atom stereocenters. The van der Waals surface area contributed by atoms with Gasteiger partial charge in [0.15, 0.2) is 6.10 Å². The number of carbonyl (C=O) groups is 1. The molecule has 5 heteroatoms. The van der Waals surface area contributed by atoms with Gasteiger partial charge in [0.05, 0.1) is 38.0 Å². The van der Waals surface area contributed by atoms with Crippen LogP contribution in [0.2, 0.25) is 0 Å². The molecule has 0 N–H and O–H groups in total. The van der Waals surface area contributed by atoms with Crippen LogP contribution < -0.4 is 14.2 Å². The van der Waals surface area contributed by atoms with Gasteiger partial charge in [0.25, 0.3) is 0 Å². The fraction of sp³-hybridized carbons (Fsp3) is 0.278. The molecule has 1 aliphatic heterocycles. The summed E-state index contributed by atoms with van der Waals surface area (Å²) >= 11 is 0. The minimum atomic E-state index is -0.626. The molecule has 0 saturated carbocycles. The van der Waals surface area contributed by atoms with Crippen LogP contribution in [0.1, 0.15) is 33.2 Å². The molecule has 5 nitrogen and oxygen atoms in total. The number of benzene rings is 2. The number of esters is 1. The van der Waals surface area contributed by atoms with Crippen LogP contribution in [0.5, 0.6) is 17.2 Å². The Morgan fingerprint density at radius 2 is 1.52 bits per heavy atom. The van der Waals surface area contributed by atoms with E-state index >= 15 is 0 Å². The number of aryl methyl sites for hydroxylation is 1. The Hall–Kier alpha value is -2.69. The van der Waals surface area contributed by atoms with Crippen molar-refractivity contribution < 1.29 is 23.7 Å². The van der Waals surface area contributed by atoms with Gasteiger partial charge in [-0.05, 0) is 36.8 Å². The van der Waals surface area contributed by atoms with Gasteiger partial charge in [-0.3, -0.25) is 0 Å². The highest BCUT2D eigenvalue weighted by atomic mass is 16.6. The molecule has 1 heterocycles. The molecule has 0 spiro atoms. The van der Waals surface area contributed by atoms with E-state index in [-0.39, 0.29) is 5.97 Å². The van der Waals surface area contributed by atoms with E-state index in [1.165, 1.54) is 0 Å². The fourth-order valence-corrected chi connectivity index (χ4v) is 2.94. The van der Waals surface area contributed by atoms with E-state index in [2.05, 4.69) is 0 Å². The third-order valence-corrected chi connectivity index (χ3v) is 3.94. The van der Waals surface area contributed by atoms with E-state index in [0.29, 0.717) is 33.9 Å². The van der Waals surface area contributed by atoms with Crippen LogP contribution in [0.4, 0.5) is 0 Å². The van der Waals surface area contributed by atoms with Gasteiger partial charge < -0.3 is 18.9 Å². The molecular formula is C18H18O5. The van der Waals surface area contributed by atoms with Crippen molar-refractivity contribution in [2.24, 2.45) is 0 Å². The first-order valence-corrected chi connectivity index (χ1v) is 7.21. The normalized spacial score (nSPS) is 15.8. The minimum Gasteiger partial charge on any atom is -0.496 e. The Labute approximate surface area is 134 Å². The van der Waals surface area contributed by atoms with Crippen molar-refractivity contribution in [2.45, 2.75) is 13.0 Å². The number of methoxy groups -OCH3 is 3. The van der Waals surface area contributed by atoms with E-state index < -0.39 is 6.10 Å². The summed E-state index contributed by atoms with van der Waals surface area (Å²) in [5.74, 6) is 1.43. The molecule has 0 fully saturated rings. The Bertz CT molecular complexity index is 744. The maximum absolute atomic E-state index is 12.3. The van der Waals surface area contributed by atoms with Gasteiger partial charge in [-0.15, -0.1) is 0 Å². The van der Waals surface area contributed by atoms with Crippen LogP contribution in [-0.2, 0) is 4.74 Å². The lowest BCUT2D eigenvalue weighted by Crippen LogP contribution is -2.06. The second-order valence-corrected chi connectivity index (χ2v) is 5.29. The zero-order valence-corrected chi connectivity index (χ0v) is 13.5. The quantitative estimate of drug-likeness (QED) is 0.811. The first-order valence-electron chi connectivity index (χ1n) is 7.21. The number of carbonyl (C=O) groups excluding carboxylic acids is 1. The highest BCUT2D eigenvalue weighted by molar-refractivity contribution is 5.96. The van der Waals surface area contributed by atoms with Crippen molar-refractivity contribution in [1.82, 2.24) is 0 Å². The van der Waals surface area contributed by atoms with Crippen LogP contribution in [0.3, 0.4) is 0 Å². The summed E-state index contributed by atoms with van der Waals surface area (Å²) in [6, 6.07) is 9.14. The highest BCUT2D eigenvalue weighted by Gasteiger charge is 2.38. The van der Waals surface area contributed by atoms with E-state index in [1.807, 2.05) is 37.3 Å². The van der Waals surface area contributed by atoms with Crippen LogP contribution in [0.15, 0.2) is 30.3 Å². The van der Waals surface area contributed by atoms with E-state index in [1.54, 1.807) is 21.3 Å². The van der Waals surface area contributed by atoms with Crippen LogP contribution in [-0.4, -0.2) is 27.3 Å². The monoisotopic (exact) mass is 314 g/mol.